The summed E-state index contributed by atoms with van der Waals surface area (Å²) in [5.74, 6) is -0.163. The van der Waals surface area contributed by atoms with Gasteiger partial charge in [0.1, 0.15) is 5.82 Å². The van der Waals surface area contributed by atoms with Gasteiger partial charge in [0.2, 0.25) is 0 Å². The summed E-state index contributed by atoms with van der Waals surface area (Å²) >= 11 is 0. The molecule has 1 aromatic carbocycles. The summed E-state index contributed by atoms with van der Waals surface area (Å²) in [5.41, 5.74) is 1.14. The van der Waals surface area contributed by atoms with Crippen LogP contribution in [0.5, 0.6) is 0 Å². The Hall–Kier alpha value is -0.970. The van der Waals surface area contributed by atoms with Crippen molar-refractivity contribution >= 4 is 0 Å². The van der Waals surface area contributed by atoms with Gasteiger partial charge >= 0.3 is 0 Å². The van der Waals surface area contributed by atoms with Crippen LogP contribution in [0.2, 0.25) is 0 Å². The van der Waals surface area contributed by atoms with Gasteiger partial charge in [-0.2, -0.15) is 0 Å². The average Bonchev–Trinajstić information content (AvgIpc) is 2.56. The minimum atomic E-state index is -0.163. The van der Waals surface area contributed by atoms with Gasteiger partial charge in [-0.3, -0.25) is 0 Å². The van der Waals surface area contributed by atoms with E-state index in [1.807, 2.05) is 19.2 Å². The highest BCUT2D eigenvalue weighted by Gasteiger charge is 2.44. The van der Waals surface area contributed by atoms with Gasteiger partial charge in [-0.15, -0.1) is 0 Å². The third-order valence-corrected chi connectivity index (χ3v) is 5.20. The SMILES string of the molecule is CO[C@@H]1CCCOC12CCN(CCc1ccc(F)cc1)CC2. The lowest BCUT2D eigenvalue weighted by Crippen LogP contribution is -2.56. The summed E-state index contributed by atoms with van der Waals surface area (Å²) in [6.45, 7) is 4.01. The normalized spacial score (nSPS) is 25.5. The number of halogens is 1. The monoisotopic (exact) mass is 307 g/mol. The lowest BCUT2D eigenvalue weighted by atomic mass is 9.82. The van der Waals surface area contributed by atoms with Crippen molar-refractivity contribution < 1.29 is 13.9 Å². The highest BCUT2D eigenvalue weighted by molar-refractivity contribution is 5.16. The molecule has 1 atom stereocenters. The fourth-order valence-corrected chi connectivity index (χ4v) is 3.79. The number of rotatable bonds is 4. The maximum Gasteiger partial charge on any atom is 0.123 e. The van der Waals surface area contributed by atoms with Crippen molar-refractivity contribution in [3.8, 4) is 0 Å². The summed E-state index contributed by atoms with van der Waals surface area (Å²) in [6, 6.07) is 6.84. The minimum Gasteiger partial charge on any atom is -0.378 e. The second-order valence-electron chi connectivity index (χ2n) is 6.50. The molecule has 0 saturated carbocycles. The fraction of sp³-hybridized carbons (Fsp3) is 0.667. The van der Waals surface area contributed by atoms with E-state index in [2.05, 4.69) is 4.90 Å². The minimum absolute atomic E-state index is 0.0562. The third kappa shape index (κ3) is 3.50. The van der Waals surface area contributed by atoms with E-state index < -0.39 is 0 Å². The molecule has 0 bridgehead atoms. The van der Waals surface area contributed by atoms with Crippen molar-refractivity contribution in [3.63, 3.8) is 0 Å². The van der Waals surface area contributed by atoms with Gasteiger partial charge in [0.05, 0.1) is 11.7 Å². The van der Waals surface area contributed by atoms with Crippen LogP contribution in [0.25, 0.3) is 0 Å². The molecule has 0 aromatic heterocycles. The largest absolute Gasteiger partial charge is 0.378 e. The standard InChI is InChI=1S/C18H26FNO2/c1-21-17-3-2-14-22-18(17)9-12-20(13-10-18)11-8-15-4-6-16(19)7-5-15/h4-7,17H,2-3,8-14H2,1H3/t17-/m1/s1. The number of ether oxygens (including phenoxy) is 2. The highest BCUT2D eigenvalue weighted by Crippen LogP contribution is 2.36. The van der Waals surface area contributed by atoms with Crippen molar-refractivity contribution in [2.75, 3.05) is 33.4 Å². The predicted molar refractivity (Wildman–Crippen MR) is 84.5 cm³/mol. The number of piperidine rings is 1. The number of methoxy groups -OCH3 is 1. The third-order valence-electron chi connectivity index (χ3n) is 5.20. The van der Waals surface area contributed by atoms with E-state index in [1.165, 1.54) is 5.56 Å². The molecule has 2 saturated heterocycles. The first kappa shape index (κ1) is 15.9. The summed E-state index contributed by atoms with van der Waals surface area (Å²) in [7, 11) is 1.81. The van der Waals surface area contributed by atoms with Gasteiger partial charge in [-0.1, -0.05) is 12.1 Å². The molecular weight excluding hydrogens is 281 g/mol. The fourth-order valence-electron chi connectivity index (χ4n) is 3.79. The van der Waals surface area contributed by atoms with E-state index in [1.54, 1.807) is 12.1 Å². The molecular formula is C18H26FNO2. The molecule has 1 aromatic rings. The van der Waals surface area contributed by atoms with Crippen LogP contribution in [0.1, 0.15) is 31.2 Å². The molecule has 2 aliphatic heterocycles. The second-order valence-corrected chi connectivity index (χ2v) is 6.50. The van der Waals surface area contributed by atoms with Crippen LogP contribution in [0.15, 0.2) is 24.3 Å². The Morgan fingerprint density at radius 2 is 2.00 bits per heavy atom. The number of likely N-dealkylation sites (tertiary alicyclic amines) is 1. The lowest BCUT2D eigenvalue weighted by molar-refractivity contribution is -0.186. The van der Waals surface area contributed by atoms with E-state index in [0.29, 0.717) is 0 Å². The smallest absolute Gasteiger partial charge is 0.123 e. The van der Waals surface area contributed by atoms with Crippen LogP contribution in [-0.2, 0) is 15.9 Å². The van der Waals surface area contributed by atoms with E-state index in [0.717, 1.165) is 58.3 Å². The first-order valence-corrected chi connectivity index (χ1v) is 8.35. The molecule has 22 heavy (non-hydrogen) atoms. The molecule has 0 aliphatic carbocycles. The van der Waals surface area contributed by atoms with E-state index in [-0.39, 0.29) is 17.5 Å². The molecule has 3 rings (SSSR count). The molecule has 3 nitrogen and oxygen atoms in total. The summed E-state index contributed by atoms with van der Waals surface area (Å²) in [6.07, 6.45) is 5.55. The van der Waals surface area contributed by atoms with Crippen LogP contribution >= 0.6 is 0 Å². The van der Waals surface area contributed by atoms with E-state index >= 15 is 0 Å². The molecule has 0 unspecified atom stereocenters. The number of hydrogen-bond donors (Lipinski definition) is 0. The van der Waals surface area contributed by atoms with Gasteiger partial charge in [0.25, 0.3) is 0 Å². The van der Waals surface area contributed by atoms with Gasteiger partial charge in [0.15, 0.2) is 0 Å². The molecule has 0 amide bonds. The summed E-state index contributed by atoms with van der Waals surface area (Å²) < 4.78 is 24.7. The second kappa shape index (κ2) is 7.07. The van der Waals surface area contributed by atoms with Crippen molar-refractivity contribution in [3.05, 3.63) is 35.6 Å². The quantitative estimate of drug-likeness (QED) is 0.853. The molecule has 0 N–H and O–H groups in total. The van der Waals surface area contributed by atoms with Crippen LogP contribution < -0.4 is 0 Å². The average molecular weight is 307 g/mol. The summed E-state index contributed by atoms with van der Waals surface area (Å²) in [5, 5.41) is 0. The Bertz CT molecular complexity index is 468. The summed E-state index contributed by atoms with van der Waals surface area (Å²) in [4.78, 5) is 2.49. The van der Waals surface area contributed by atoms with Crippen LogP contribution in [0.3, 0.4) is 0 Å². The van der Waals surface area contributed by atoms with Crippen LogP contribution in [0.4, 0.5) is 4.39 Å². The Morgan fingerprint density at radius 1 is 1.27 bits per heavy atom. The van der Waals surface area contributed by atoms with Crippen molar-refractivity contribution in [1.29, 1.82) is 0 Å². The topological polar surface area (TPSA) is 21.7 Å². The van der Waals surface area contributed by atoms with Crippen LogP contribution in [-0.4, -0.2) is 50.0 Å². The number of hydrogen-bond acceptors (Lipinski definition) is 3. The van der Waals surface area contributed by atoms with Gasteiger partial charge < -0.3 is 14.4 Å². The molecule has 2 aliphatic rings. The number of benzene rings is 1. The Balaban J connectivity index is 1.50. The predicted octanol–water partition coefficient (Wildman–Crippen LogP) is 3.03. The first-order chi connectivity index (χ1) is 10.7. The van der Waals surface area contributed by atoms with Gasteiger partial charge in [-0.05, 0) is 49.8 Å². The highest BCUT2D eigenvalue weighted by atomic mass is 19.1. The van der Waals surface area contributed by atoms with Crippen molar-refractivity contribution in [2.24, 2.45) is 0 Å². The number of nitrogens with zero attached hydrogens (tertiary/aromatic N) is 1. The van der Waals surface area contributed by atoms with Crippen molar-refractivity contribution in [2.45, 2.75) is 43.8 Å². The molecule has 1 spiro atoms. The van der Waals surface area contributed by atoms with Crippen LogP contribution in [0, 0.1) is 5.82 Å². The Morgan fingerprint density at radius 3 is 2.68 bits per heavy atom. The Labute approximate surface area is 132 Å². The Kier molecular flexibility index (Phi) is 5.11. The zero-order chi connectivity index (χ0) is 15.4. The first-order valence-electron chi connectivity index (χ1n) is 8.35. The molecule has 2 heterocycles. The maximum absolute atomic E-state index is 12.9. The van der Waals surface area contributed by atoms with Gasteiger partial charge in [0, 0.05) is 33.4 Å². The molecule has 0 radical (unpaired) electrons. The molecule has 2 fully saturated rings. The van der Waals surface area contributed by atoms with Crippen molar-refractivity contribution in [1.82, 2.24) is 4.90 Å². The van der Waals surface area contributed by atoms with E-state index in [4.69, 9.17) is 9.47 Å². The zero-order valence-electron chi connectivity index (χ0n) is 13.4. The lowest BCUT2D eigenvalue weighted by Gasteiger charge is -2.48. The van der Waals surface area contributed by atoms with E-state index in [9.17, 15) is 4.39 Å². The molecule has 122 valence electrons. The van der Waals surface area contributed by atoms with Gasteiger partial charge in [-0.25, -0.2) is 4.39 Å². The maximum atomic E-state index is 12.9. The zero-order valence-corrected chi connectivity index (χ0v) is 13.4. The molecule has 4 heteroatoms.